The Morgan fingerprint density at radius 1 is 0.477 bits per heavy atom. The van der Waals surface area contributed by atoms with E-state index in [9.17, 15) is 34.1 Å². The molecule has 0 aliphatic carbocycles. The lowest BCUT2D eigenvalue weighted by Gasteiger charge is -2.18. The van der Waals surface area contributed by atoms with Crippen LogP contribution in [0.15, 0.2) is 12.2 Å². The number of aliphatic hydroxyl groups is 1. The summed E-state index contributed by atoms with van der Waals surface area (Å²) < 4.78 is 27.0. The van der Waals surface area contributed by atoms with Gasteiger partial charge in [0.05, 0.1) is 13.2 Å². The predicted molar refractivity (Wildman–Crippen MR) is 268 cm³/mol. The van der Waals surface area contributed by atoms with E-state index >= 15 is 0 Å². The lowest BCUT2D eigenvalue weighted by molar-refractivity contribution is -0.147. The lowest BCUT2D eigenvalue weighted by Crippen LogP contribution is -2.43. The number of hydrogen-bond acceptors (Lipinski definition) is 8. The van der Waals surface area contributed by atoms with Gasteiger partial charge in [-0.1, -0.05) is 238 Å². The number of ether oxygens (including phenoxy) is 1. The average Bonchev–Trinajstić information content (AvgIpc) is 3.28. The highest BCUT2D eigenvalue weighted by atomic mass is 31.2. The molecule has 0 aromatic carbocycles. The molecule has 12 heteroatoms. The van der Waals surface area contributed by atoms with E-state index in [1.54, 1.807) is 0 Å². The van der Waals surface area contributed by atoms with Crippen molar-refractivity contribution in [2.45, 2.75) is 289 Å². The summed E-state index contributed by atoms with van der Waals surface area (Å²) in [7, 11) is -4.76. The maximum atomic E-state index is 12.4. The molecule has 3 unspecified atom stereocenters. The Kier molecular flexibility index (Phi) is 47.3. The van der Waals surface area contributed by atoms with Gasteiger partial charge in [0, 0.05) is 12.8 Å². The molecule has 384 valence electrons. The van der Waals surface area contributed by atoms with Gasteiger partial charge in [0.2, 0.25) is 5.91 Å². The number of carbonyl (C=O) groups excluding carboxylic acids is 2. The maximum absolute atomic E-state index is 12.4. The molecule has 11 nitrogen and oxygen atoms in total. The van der Waals surface area contributed by atoms with E-state index < -0.39 is 57.6 Å². The van der Waals surface area contributed by atoms with Gasteiger partial charge >= 0.3 is 19.8 Å². The van der Waals surface area contributed by atoms with Crippen molar-refractivity contribution in [3.8, 4) is 0 Å². The van der Waals surface area contributed by atoms with Crippen LogP contribution < -0.4 is 5.32 Å². The number of rotatable bonds is 52. The Morgan fingerprint density at radius 2 is 0.800 bits per heavy atom. The van der Waals surface area contributed by atoms with Crippen molar-refractivity contribution in [1.29, 1.82) is 0 Å². The summed E-state index contributed by atoms with van der Waals surface area (Å²) in [6.45, 7) is 2.65. The van der Waals surface area contributed by atoms with Gasteiger partial charge in [0.25, 0.3) is 0 Å². The first-order chi connectivity index (χ1) is 31.6. The van der Waals surface area contributed by atoms with Crippen LogP contribution >= 0.6 is 7.82 Å². The van der Waals surface area contributed by atoms with Gasteiger partial charge in [-0.2, -0.15) is 0 Å². The number of unbranched alkanes of at least 4 members (excludes halogenated alkanes) is 36. The molecule has 0 aliphatic heterocycles. The Bertz CT molecular complexity index is 1150. The minimum atomic E-state index is -4.76. The van der Waals surface area contributed by atoms with Crippen LogP contribution in [0.25, 0.3) is 0 Å². The van der Waals surface area contributed by atoms with Crippen molar-refractivity contribution >= 4 is 25.7 Å². The average molecular weight is 944 g/mol. The summed E-state index contributed by atoms with van der Waals surface area (Å²) in [6.07, 6.45) is 52.3. The zero-order valence-corrected chi connectivity index (χ0v) is 43.0. The second-order valence-electron chi connectivity index (χ2n) is 18.8. The van der Waals surface area contributed by atoms with Gasteiger partial charge in [-0.15, -0.1) is 0 Å². The number of amides is 1. The molecule has 1 amide bonds. The van der Waals surface area contributed by atoms with Crippen LogP contribution in [0.5, 0.6) is 0 Å². The Morgan fingerprint density at radius 3 is 1.17 bits per heavy atom. The minimum Gasteiger partial charge on any atom is -0.480 e. The fourth-order valence-corrected chi connectivity index (χ4v) is 8.85. The van der Waals surface area contributed by atoms with Crippen molar-refractivity contribution in [3.05, 3.63) is 12.2 Å². The van der Waals surface area contributed by atoms with Gasteiger partial charge in [-0.05, 0) is 38.5 Å². The summed E-state index contributed by atoms with van der Waals surface area (Å²) in [5.74, 6) is -2.35. The molecular weight excluding hydrogens is 842 g/mol. The summed E-state index contributed by atoms with van der Waals surface area (Å²) in [5, 5.41) is 22.0. The fourth-order valence-electron chi connectivity index (χ4n) is 8.08. The Labute approximate surface area is 398 Å². The van der Waals surface area contributed by atoms with Gasteiger partial charge < -0.3 is 25.2 Å². The lowest BCUT2D eigenvalue weighted by atomic mass is 10.0. The minimum absolute atomic E-state index is 0.152. The fraction of sp³-hybridized carbons (Fsp3) is 0.906. The second-order valence-corrected chi connectivity index (χ2v) is 20.2. The molecule has 0 heterocycles. The van der Waals surface area contributed by atoms with E-state index in [0.717, 1.165) is 38.5 Å². The van der Waals surface area contributed by atoms with E-state index in [-0.39, 0.29) is 12.8 Å². The predicted octanol–water partition coefficient (Wildman–Crippen LogP) is 15.2. The van der Waals surface area contributed by atoms with Gasteiger partial charge in [0.1, 0.15) is 12.7 Å². The molecule has 65 heavy (non-hydrogen) atoms. The highest BCUT2D eigenvalue weighted by molar-refractivity contribution is 7.47. The summed E-state index contributed by atoms with van der Waals surface area (Å²) in [6, 6.07) is -1.54. The molecule has 0 spiro atoms. The second kappa shape index (κ2) is 48.7. The molecule has 0 rings (SSSR count). The Hall–Kier alpha value is -1.78. The first kappa shape index (κ1) is 63.2. The van der Waals surface area contributed by atoms with Gasteiger partial charge in [-0.25, -0.2) is 9.36 Å². The first-order valence-corrected chi connectivity index (χ1v) is 28.7. The van der Waals surface area contributed by atoms with Crippen molar-refractivity contribution in [2.75, 3.05) is 19.8 Å². The molecule has 0 aromatic heterocycles. The van der Waals surface area contributed by atoms with E-state index in [4.69, 9.17) is 13.8 Å². The quantitative estimate of drug-likeness (QED) is 0.0199. The first-order valence-electron chi connectivity index (χ1n) is 27.2. The normalized spacial score (nSPS) is 13.5. The van der Waals surface area contributed by atoms with Crippen LogP contribution in [0, 0.1) is 0 Å². The van der Waals surface area contributed by atoms with Gasteiger partial charge in [-0.3, -0.25) is 18.6 Å². The van der Waals surface area contributed by atoms with Crippen molar-refractivity contribution in [1.82, 2.24) is 5.32 Å². The van der Waals surface area contributed by atoms with Crippen LogP contribution in [0.3, 0.4) is 0 Å². The van der Waals surface area contributed by atoms with Crippen LogP contribution in [0.4, 0.5) is 0 Å². The third-order valence-corrected chi connectivity index (χ3v) is 13.3. The standard InChI is InChI=1S/C53H102NO10P/c1-3-5-7-9-11-13-15-17-19-21-23-25-27-29-31-33-35-37-39-41-43-45-52(57)62-46-49(55)47-63-65(60,61)64-48-50(53(58)59)54-51(56)44-42-40-38-36-34-32-30-28-26-24-22-20-18-16-14-12-10-8-6-4-2/h17,19,49-50,55H,3-16,18,20-48H2,1-2H3,(H,54,56)(H,58,59)(H,60,61)/b19-17+. The molecule has 0 saturated heterocycles. The number of phosphoric ester groups is 1. The zero-order chi connectivity index (χ0) is 47.7. The number of allylic oxidation sites excluding steroid dienone is 2. The van der Waals surface area contributed by atoms with Crippen molar-refractivity contribution in [2.24, 2.45) is 0 Å². The van der Waals surface area contributed by atoms with Crippen LogP contribution in [-0.4, -0.2) is 64.9 Å². The van der Waals surface area contributed by atoms with E-state index in [0.29, 0.717) is 12.8 Å². The number of carboxylic acid groups (broad SMARTS) is 1. The summed E-state index contributed by atoms with van der Waals surface area (Å²) >= 11 is 0. The monoisotopic (exact) mass is 944 g/mol. The van der Waals surface area contributed by atoms with Crippen molar-refractivity contribution < 1.29 is 47.8 Å². The molecule has 0 radical (unpaired) electrons. The molecule has 3 atom stereocenters. The number of aliphatic carboxylic acids is 1. The summed E-state index contributed by atoms with van der Waals surface area (Å²) in [4.78, 5) is 46.2. The molecule has 0 fully saturated rings. The molecule has 0 aliphatic rings. The molecule has 4 N–H and O–H groups in total. The number of phosphoric acid groups is 1. The zero-order valence-electron chi connectivity index (χ0n) is 42.1. The van der Waals surface area contributed by atoms with Crippen LogP contribution in [-0.2, 0) is 32.7 Å². The molecule has 0 aromatic rings. The topological polar surface area (TPSA) is 169 Å². The van der Waals surface area contributed by atoms with E-state index in [1.165, 1.54) is 199 Å². The number of aliphatic hydroxyl groups excluding tert-OH is 1. The van der Waals surface area contributed by atoms with Crippen molar-refractivity contribution in [3.63, 3.8) is 0 Å². The number of carbonyl (C=O) groups is 3. The van der Waals surface area contributed by atoms with E-state index in [1.807, 2.05) is 0 Å². The number of esters is 1. The molecule has 0 saturated carbocycles. The number of carboxylic acids is 1. The third kappa shape index (κ3) is 48.5. The van der Waals surface area contributed by atoms with Crippen LogP contribution in [0.1, 0.15) is 277 Å². The van der Waals surface area contributed by atoms with Crippen LogP contribution in [0.2, 0.25) is 0 Å². The van der Waals surface area contributed by atoms with E-state index in [2.05, 4.69) is 31.3 Å². The number of hydrogen-bond donors (Lipinski definition) is 4. The molecular formula is C53H102NO10P. The highest BCUT2D eigenvalue weighted by Crippen LogP contribution is 2.43. The molecule has 0 bridgehead atoms. The highest BCUT2D eigenvalue weighted by Gasteiger charge is 2.28. The largest absolute Gasteiger partial charge is 0.480 e. The third-order valence-electron chi connectivity index (χ3n) is 12.3. The Balaban J connectivity index is 3.76. The SMILES string of the molecule is CCCCCCCC/C=C/CCCCCCCCCCCCCC(=O)OCC(O)COP(=O)(O)OCC(NC(=O)CCCCCCCCCCCCCCCCCCCCCC)C(=O)O. The smallest absolute Gasteiger partial charge is 0.472 e. The van der Waals surface area contributed by atoms with Gasteiger partial charge in [0.15, 0.2) is 6.04 Å². The number of nitrogens with one attached hydrogen (secondary N) is 1. The maximum Gasteiger partial charge on any atom is 0.472 e. The summed E-state index contributed by atoms with van der Waals surface area (Å²) in [5.41, 5.74) is 0.